The number of benzene rings is 2. The summed E-state index contributed by atoms with van der Waals surface area (Å²) in [5.74, 6) is 0.762. The molecule has 0 radical (unpaired) electrons. The molecule has 1 N–H and O–H groups in total. The Labute approximate surface area is 125 Å². The van der Waals surface area contributed by atoms with E-state index in [1.165, 1.54) is 23.3 Å². The normalized spacial score (nSPS) is 15.4. The highest BCUT2D eigenvalue weighted by Gasteiger charge is 2.29. The van der Waals surface area contributed by atoms with Crippen LogP contribution in [0.3, 0.4) is 0 Å². The van der Waals surface area contributed by atoms with Gasteiger partial charge < -0.3 is 10.1 Å². The highest BCUT2D eigenvalue weighted by molar-refractivity contribution is 5.51. The summed E-state index contributed by atoms with van der Waals surface area (Å²) < 4.78 is 19.2. The largest absolute Gasteiger partial charge is 0.487 e. The lowest BCUT2D eigenvalue weighted by Crippen LogP contribution is -2.24. The second-order valence-electron chi connectivity index (χ2n) is 6.29. The number of ether oxygens (including phenoxy) is 1. The van der Waals surface area contributed by atoms with Gasteiger partial charge in [-0.05, 0) is 55.7 Å². The van der Waals surface area contributed by atoms with Crippen LogP contribution in [0, 0.1) is 12.7 Å². The maximum atomic E-state index is 13.3. The first kappa shape index (κ1) is 13.9. The zero-order valence-corrected chi connectivity index (χ0v) is 12.7. The molecule has 0 aliphatic carbocycles. The molecule has 0 aromatic heterocycles. The van der Waals surface area contributed by atoms with Crippen molar-refractivity contribution in [1.82, 2.24) is 0 Å². The van der Waals surface area contributed by atoms with Crippen molar-refractivity contribution in [3.8, 4) is 5.75 Å². The Morgan fingerprint density at radius 1 is 1.19 bits per heavy atom. The van der Waals surface area contributed by atoms with Gasteiger partial charge >= 0.3 is 0 Å². The quantitative estimate of drug-likeness (QED) is 0.899. The third-order valence-corrected chi connectivity index (χ3v) is 3.81. The van der Waals surface area contributed by atoms with E-state index in [0.29, 0.717) is 6.54 Å². The fourth-order valence-corrected chi connectivity index (χ4v) is 2.75. The summed E-state index contributed by atoms with van der Waals surface area (Å²) in [4.78, 5) is 0. The average Bonchev–Trinajstić information content (AvgIpc) is 2.72. The first-order valence-electron chi connectivity index (χ1n) is 7.24. The molecule has 3 heteroatoms. The Morgan fingerprint density at radius 2 is 2.00 bits per heavy atom. The molecule has 0 amide bonds. The van der Waals surface area contributed by atoms with Crippen LogP contribution in [0.1, 0.15) is 30.5 Å². The van der Waals surface area contributed by atoms with E-state index in [4.69, 9.17) is 4.74 Å². The number of hydrogen-bond acceptors (Lipinski definition) is 2. The van der Waals surface area contributed by atoms with E-state index in [1.54, 1.807) is 6.07 Å². The summed E-state index contributed by atoms with van der Waals surface area (Å²) in [6, 6.07) is 11.1. The standard InChI is InChI=1S/C18H20FNO/c1-12-4-6-15(19)9-16(12)20-11-13-5-7-17-14(8-13)10-18(2,3)21-17/h4-9,20H,10-11H2,1-3H3. The molecular formula is C18H20FNO. The van der Waals surface area contributed by atoms with Crippen LogP contribution in [0.2, 0.25) is 0 Å². The predicted molar refractivity (Wildman–Crippen MR) is 83.3 cm³/mol. The van der Waals surface area contributed by atoms with Crippen LogP contribution >= 0.6 is 0 Å². The summed E-state index contributed by atoms with van der Waals surface area (Å²) in [5, 5.41) is 3.30. The SMILES string of the molecule is Cc1ccc(F)cc1NCc1ccc2c(c1)CC(C)(C)O2. The number of halogens is 1. The monoisotopic (exact) mass is 285 g/mol. The summed E-state index contributed by atoms with van der Waals surface area (Å²) in [6.45, 7) is 6.85. The van der Waals surface area contributed by atoms with Gasteiger partial charge in [0.2, 0.25) is 0 Å². The third-order valence-electron chi connectivity index (χ3n) is 3.81. The summed E-state index contributed by atoms with van der Waals surface area (Å²) in [6.07, 6.45) is 0.926. The molecule has 0 unspecified atom stereocenters. The van der Waals surface area contributed by atoms with E-state index in [0.717, 1.165) is 23.4 Å². The number of anilines is 1. The van der Waals surface area contributed by atoms with Crippen LogP contribution in [-0.2, 0) is 13.0 Å². The Bertz CT molecular complexity index is 679. The first-order chi connectivity index (χ1) is 9.93. The average molecular weight is 285 g/mol. The summed E-state index contributed by atoms with van der Waals surface area (Å²) >= 11 is 0. The van der Waals surface area contributed by atoms with E-state index in [1.807, 2.05) is 13.0 Å². The Balaban J connectivity index is 1.74. The minimum atomic E-state index is -0.216. The second kappa shape index (κ2) is 5.06. The zero-order valence-electron chi connectivity index (χ0n) is 12.7. The number of aryl methyl sites for hydroxylation is 1. The van der Waals surface area contributed by atoms with Crippen LogP contribution in [0.15, 0.2) is 36.4 Å². The molecule has 110 valence electrons. The van der Waals surface area contributed by atoms with E-state index in [2.05, 4.69) is 31.3 Å². The van der Waals surface area contributed by atoms with Crippen molar-refractivity contribution in [3.63, 3.8) is 0 Å². The first-order valence-corrected chi connectivity index (χ1v) is 7.24. The predicted octanol–water partition coefficient (Wildman–Crippen LogP) is 4.46. The summed E-state index contributed by atoms with van der Waals surface area (Å²) in [5.41, 5.74) is 4.19. The van der Waals surface area contributed by atoms with E-state index in [-0.39, 0.29) is 11.4 Å². The van der Waals surface area contributed by atoms with Gasteiger partial charge in [0.25, 0.3) is 0 Å². The number of hydrogen-bond donors (Lipinski definition) is 1. The molecule has 3 rings (SSSR count). The van der Waals surface area contributed by atoms with E-state index >= 15 is 0 Å². The minimum absolute atomic E-state index is 0.118. The van der Waals surface area contributed by atoms with Crippen LogP contribution in [0.4, 0.5) is 10.1 Å². The van der Waals surface area contributed by atoms with Crippen molar-refractivity contribution in [2.45, 2.75) is 39.3 Å². The topological polar surface area (TPSA) is 21.3 Å². The number of fused-ring (bicyclic) bond motifs is 1. The second-order valence-corrected chi connectivity index (χ2v) is 6.29. The Morgan fingerprint density at radius 3 is 2.81 bits per heavy atom. The molecule has 0 spiro atoms. The molecule has 1 heterocycles. The van der Waals surface area contributed by atoms with E-state index in [9.17, 15) is 4.39 Å². The number of rotatable bonds is 3. The highest BCUT2D eigenvalue weighted by Crippen LogP contribution is 2.35. The maximum Gasteiger partial charge on any atom is 0.125 e. The zero-order chi connectivity index (χ0) is 15.0. The van der Waals surface area contributed by atoms with Crippen molar-refractivity contribution in [1.29, 1.82) is 0 Å². The van der Waals surface area contributed by atoms with Gasteiger partial charge in [0.05, 0.1) is 0 Å². The van der Waals surface area contributed by atoms with Gasteiger partial charge in [0.15, 0.2) is 0 Å². The van der Waals surface area contributed by atoms with Gasteiger partial charge in [-0.2, -0.15) is 0 Å². The van der Waals surface area contributed by atoms with Crippen LogP contribution in [0.5, 0.6) is 5.75 Å². The lowest BCUT2D eigenvalue weighted by Gasteiger charge is -2.16. The third kappa shape index (κ3) is 3.02. The maximum absolute atomic E-state index is 13.3. The van der Waals surface area contributed by atoms with Crippen molar-refractivity contribution in [2.24, 2.45) is 0 Å². The van der Waals surface area contributed by atoms with Gasteiger partial charge in [-0.1, -0.05) is 18.2 Å². The molecule has 21 heavy (non-hydrogen) atoms. The molecule has 2 aromatic carbocycles. The van der Waals surface area contributed by atoms with Crippen molar-refractivity contribution < 1.29 is 9.13 Å². The molecule has 0 saturated carbocycles. The van der Waals surface area contributed by atoms with Crippen molar-refractivity contribution >= 4 is 5.69 Å². The molecule has 0 fully saturated rings. The van der Waals surface area contributed by atoms with Gasteiger partial charge in [-0.25, -0.2) is 4.39 Å². The highest BCUT2D eigenvalue weighted by atomic mass is 19.1. The van der Waals surface area contributed by atoms with Crippen molar-refractivity contribution in [2.75, 3.05) is 5.32 Å². The minimum Gasteiger partial charge on any atom is -0.487 e. The fraction of sp³-hybridized carbons (Fsp3) is 0.333. The molecule has 0 bridgehead atoms. The molecule has 2 aromatic rings. The molecule has 1 aliphatic rings. The Hall–Kier alpha value is -2.03. The fourth-order valence-electron chi connectivity index (χ4n) is 2.75. The lowest BCUT2D eigenvalue weighted by atomic mass is 10.0. The van der Waals surface area contributed by atoms with Gasteiger partial charge in [0.1, 0.15) is 17.2 Å². The smallest absolute Gasteiger partial charge is 0.125 e. The van der Waals surface area contributed by atoms with Gasteiger partial charge in [-0.15, -0.1) is 0 Å². The van der Waals surface area contributed by atoms with Gasteiger partial charge in [-0.3, -0.25) is 0 Å². The van der Waals surface area contributed by atoms with E-state index < -0.39 is 0 Å². The molecule has 2 nitrogen and oxygen atoms in total. The summed E-state index contributed by atoms with van der Waals surface area (Å²) in [7, 11) is 0. The van der Waals surface area contributed by atoms with Gasteiger partial charge in [0, 0.05) is 18.7 Å². The van der Waals surface area contributed by atoms with Crippen LogP contribution in [-0.4, -0.2) is 5.60 Å². The molecule has 0 atom stereocenters. The number of nitrogens with one attached hydrogen (secondary N) is 1. The molecule has 1 aliphatic heterocycles. The van der Waals surface area contributed by atoms with Crippen LogP contribution < -0.4 is 10.1 Å². The lowest BCUT2D eigenvalue weighted by molar-refractivity contribution is 0.138. The van der Waals surface area contributed by atoms with Crippen LogP contribution in [0.25, 0.3) is 0 Å². The molecule has 0 saturated heterocycles. The molecular weight excluding hydrogens is 265 g/mol. The van der Waals surface area contributed by atoms with Crippen molar-refractivity contribution in [3.05, 3.63) is 58.9 Å². The Kier molecular flexibility index (Phi) is 3.36.